The number of rotatable bonds is 3. The molecule has 2 aliphatic heterocycles. The molecule has 1 saturated heterocycles. The molecule has 4 heteroatoms. The largest absolute Gasteiger partial charge is 0.342 e. The Morgan fingerprint density at radius 3 is 2.59 bits per heavy atom. The monoisotopic (exact) mass is 318 g/mol. The standard InChI is InChI=1S/C18H26N2OS/c1-13(2)20-10-8-15(9-11-20)19(3)18(21)17-12-14-6-4-5-7-16(14)22-17/h4-7,13,15,17H,8-12H2,1-3H3. The van der Waals surface area contributed by atoms with Crippen molar-refractivity contribution in [2.75, 3.05) is 20.1 Å². The molecule has 3 nitrogen and oxygen atoms in total. The van der Waals surface area contributed by atoms with Crippen molar-refractivity contribution in [3.8, 4) is 0 Å². The SMILES string of the molecule is CC(C)N1CCC(N(C)C(=O)C2Cc3ccccc3S2)CC1. The molecule has 1 atom stereocenters. The molecule has 1 amide bonds. The van der Waals surface area contributed by atoms with Gasteiger partial charge in [-0.25, -0.2) is 0 Å². The molecule has 3 rings (SSSR count). The summed E-state index contributed by atoms with van der Waals surface area (Å²) in [5.74, 6) is 0.309. The van der Waals surface area contributed by atoms with Crippen molar-refractivity contribution in [1.82, 2.24) is 9.80 Å². The summed E-state index contributed by atoms with van der Waals surface area (Å²) in [6.07, 6.45) is 3.09. The normalized spacial score (nSPS) is 22.8. The fraction of sp³-hybridized carbons (Fsp3) is 0.611. The lowest BCUT2D eigenvalue weighted by molar-refractivity contribution is -0.132. The summed E-state index contributed by atoms with van der Waals surface area (Å²) in [6, 6.07) is 9.43. The number of hydrogen-bond donors (Lipinski definition) is 0. The summed E-state index contributed by atoms with van der Waals surface area (Å²) in [4.78, 5) is 18.6. The number of benzene rings is 1. The zero-order valence-electron chi connectivity index (χ0n) is 13.8. The van der Waals surface area contributed by atoms with Crippen LogP contribution in [-0.4, -0.2) is 53.2 Å². The van der Waals surface area contributed by atoms with Gasteiger partial charge < -0.3 is 9.80 Å². The number of piperidine rings is 1. The first-order valence-corrected chi connectivity index (χ1v) is 9.19. The molecule has 2 heterocycles. The van der Waals surface area contributed by atoms with Crippen LogP contribution in [0.3, 0.4) is 0 Å². The predicted molar refractivity (Wildman–Crippen MR) is 92.3 cm³/mol. The molecule has 1 aromatic rings. The number of carbonyl (C=O) groups excluding carboxylic acids is 1. The highest BCUT2D eigenvalue weighted by atomic mass is 32.2. The maximum absolute atomic E-state index is 12.8. The average Bonchev–Trinajstić information content (AvgIpc) is 2.97. The summed E-state index contributed by atoms with van der Waals surface area (Å²) < 4.78 is 0. The van der Waals surface area contributed by atoms with Crippen LogP contribution in [0.15, 0.2) is 29.2 Å². The minimum atomic E-state index is 0.0746. The zero-order chi connectivity index (χ0) is 15.7. The van der Waals surface area contributed by atoms with Gasteiger partial charge in [0.25, 0.3) is 0 Å². The summed E-state index contributed by atoms with van der Waals surface area (Å²) in [7, 11) is 2.00. The summed E-state index contributed by atoms with van der Waals surface area (Å²) >= 11 is 1.74. The van der Waals surface area contributed by atoms with Crippen LogP contribution >= 0.6 is 11.8 Å². The van der Waals surface area contributed by atoms with Gasteiger partial charge in [-0.2, -0.15) is 0 Å². The number of fused-ring (bicyclic) bond motifs is 1. The molecule has 0 radical (unpaired) electrons. The molecule has 0 bridgehead atoms. The maximum Gasteiger partial charge on any atom is 0.236 e. The van der Waals surface area contributed by atoms with Gasteiger partial charge in [0.2, 0.25) is 5.91 Å². The molecule has 0 aromatic heterocycles. The van der Waals surface area contributed by atoms with Gasteiger partial charge in [0.1, 0.15) is 0 Å². The second-order valence-corrected chi connectivity index (χ2v) is 7.97. The van der Waals surface area contributed by atoms with Crippen LogP contribution in [0.2, 0.25) is 0 Å². The highest BCUT2D eigenvalue weighted by Gasteiger charge is 2.33. The van der Waals surface area contributed by atoms with Gasteiger partial charge in [0.15, 0.2) is 0 Å². The van der Waals surface area contributed by atoms with Gasteiger partial charge in [0.05, 0.1) is 5.25 Å². The Kier molecular flexibility index (Phi) is 4.79. The number of thioether (sulfide) groups is 1. The topological polar surface area (TPSA) is 23.6 Å². The molecule has 1 fully saturated rings. The molecule has 120 valence electrons. The predicted octanol–water partition coefficient (Wildman–Crippen LogP) is 3.03. The molecular weight excluding hydrogens is 292 g/mol. The van der Waals surface area contributed by atoms with Crippen LogP contribution < -0.4 is 0 Å². The highest BCUT2D eigenvalue weighted by Crippen LogP contribution is 2.38. The Hall–Kier alpha value is -1.00. The lowest BCUT2D eigenvalue weighted by Crippen LogP contribution is -2.49. The summed E-state index contributed by atoms with van der Waals surface area (Å²) in [5, 5.41) is 0.0746. The Morgan fingerprint density at radius 2 is 1.95 bits per heavy atom. The number of carbonyl (C=O) groups is 1. The van der Waals surface area contributed by atoms with Gasteiger partial charge in [-0.05, 0) is 44.7 Å². The van der Waals surface area contributed by atoms with E-state index in [1.807, 2.05) is 11.9 Å². The van der Waals surface area contributed by atoms with E-state index in [4.69, 9.17) is 0 Å². The second-order valence-electron chi connectivity index (χ2n) is 6.73. The lowest BCUT2D eigenvalue weighted by Gasteiger charge is -2.39. The van der Waals surface area contributed by atoms with E-state index >= 15 is 0 Å². The van der Waals surface area contributed by atoms with E-state index < -0.39 is 0 Å². The van der Waals surface area contributed by atoms with Gasteiger partial charge in [-0.15, -0.1) is 11.8 Å². The van der Waals surface area contributed by atoms with Crippen LogP contribution in [0.1, 0.15) is 32.3 Å². The fourth-order valence-electron chi connectivity index (χ4n) is 3.52. The van der Waals surface area contributed by atoms with E-state index in [1.165, 1.54) is 10.5 Å². The third-order valence-electron chi connectivity index (χ3n) is 5.05. The molecule has 0 saturated carbocycles. The van der Waals surface area contributed by atoms with Gasteiger partial charge >= 0.3 is 0 Å². The van der Waals surface area contributed by atoms with Crippen LogP contribution in [0, 0.1) is 0 Å². The number of hydrogen-bond acceptors (Lipinski definition) is 3. The Bertz CT molecular complexity index is 513. The first-order chi connectivity index (χ1) is 10.6. The minimum absolute atomic E-state index is 0.0746. The highest BCUT2D eigenvalue weighted by molar-refractivity contribution is 8.01. The maximum atomic E-state index is 12.8. The summed E-state index contributed by atoms with van der Waals surface area (Å²) in [6.45, 7) is 6.72. The lowest BCUT2D eigenvalue weighted by atomic mass is 10.0. The van der Waals surface area contributed by atoms with E-state index in [1.54, 1.807) is 11.8 Å². The summed E-state index contributed by atoms with van der Waals surface area (Å²) in [5.41, 5.74) is 1.33. The molecule has 22 heavy (non-hydrogen) atoms. The first kappa shape index (κ1) is 15.9. The van der Waals surface area contributed by atoms with E-state index in [0.29, 0.717) is 18.0 Å². The Morgan fingerprint density at radius 1 is 1.27 bits per heavy atom. The molecule has 0 spiro atoms. The first-order valence-electron chi connectivity index (χ1n) is 8.31. The quantitative estimate of drug-likeness (QED) is 0.856. The second kappa shape index (κ2) is 6.63. The van der Waals surface area contributed by atoms with Crippen molar-refractivity contribution >= 4 is 17.7 Å². The van der Waals surface area contributed by atoms with Crippen molar-refractivity contribution < 1.29 is 4.79 Å². The Labute approximate surface area is 138 Å². The van der Waals surface area contributed by atoms with E-state index in [2.05, 4.69) is 43.0 Å². The third-order valence-corrected chi connectivity index (χ3v) is 6.35. The molecule has 1 unspecified atom stereocenters. The van der Waals surface area contributed by atoms with Crippen LogP contribution in [0.5, 0.6) is 0 Å². The van der Waals surface area contributed by atoms with Crippen molar-refractivity contribution in [2.45, 2.75) is 55.3 Å². The molecule has 0 aliphatic carbocycles. The van der Waals surface area contributed by atoms with Crippen molar-refractivity contribution in [1.29, 1.82) is 0 Å². The van der Waals surface area contributed by atoms with Crippen molar-refractivity contribution in [3.05, 3.63) is 29.8 Å². The number of nitrogens with zero attached hydrogens (tertiary/aromatic N) is 2. The number of amides is 1. The molecule has 2 aliphatic rings. The third kappa shape index (κ3) is 3.18. The van der Waals surface area contributed by atoms with Gasteiger partial charge in [-0.3, -0.25) is 4.79 Å². The van der Waals surface area contributed by atoms with E-state index in [9.17, 15) is 4.79 Å². The van der Waals surface area contributed by atoms with Crippen LogP contribution in [0.4, 0.5) is 0 Å². The van der Waals surface area contributed by atoms with Crippen LogP contribution in [0.25, 0.3) is 0 Å². The molecule has 0 N–H and O–H groups in total. The Balaban J connectivity index is 1.57. The van der Waals surface area contributed by atoms with Crippen LogP contribution in [-0.2, 0) is 11.2 Å². The minimum Gasteiger partial charge on any atom is -0.342 e. The van der Waals surface area contributed by atoms with Gasteiger partial charge in [-0.1, -0.05) is 18.2 Å². The number of likely N-dealkylation sites (tertiary alicyclic amines) is 1. The molecular formula is C18H26N2OS. The average molecular weight is 318 g/mol. The van der Waals surface area contributed by atoms with E-state index in [-0.39, 0.29) is 5.25 Å². The van der Waals surface area contributed by atoms with Gasteiger partial charge in [0, 0.05) is 37.1 Å². The van der Waals surface area contributed by atoms with Crippen molar-refractivity contribution in [2.24, 2.45) is 0 Å². The smallest absolute Gasteiger partial charge is 0.236 e. The fourth-order valence-corrected chi connectivity index (χ4v) is 4.81. The van der Waals surface area contributed by atoms with Crippen molar-refractivity contribution in [3.63, 3.8) is 0 Å². The molecule has 1 aromatic carbocycles. The zero-order valence-corrected chi connectivity index (χ0v) is 14.6. The van der Waals surface area contributed by atoms with E-state index in [0.717, 1.165) is 32.4 Å².